The molecule has 1 aliphatic carbocycles. The number of fused-ring (bicyclic) bond motifs is 2. The first kappa shape index (κ1) is 30.3. The molecule has 1 aromatic carbocycles. The maximum absolute atomic E-state index is 14.2. The van der Waals surface area contributed by atoms with Crippen LogP contribution in [0.5, 0.6) is 0 Å². The van der Waals surface area contributed by atoms with E-state index in [2.05, 4.69) is 41.1 Å². The number of pyridine rings is 1. The number of hydrogen-bond donors (Lipinski definition) is 2. The van der Waals surface area contributed by atoms with Gasteiger partial charge in [0.05, 0.1) is 17.3 Å². The summed E-state index contributed by atoms with van der Waals surface area (Å²) < 4.78 is 2.30. The number of carbonyl (C=O) groups excluding carboxylic acids is 2. The van der Waals surface area contributed by atoms with Crippen LogP contribution in [-0.4, -0.2) is 84.2 Å². The molecular weight excluding hydrogens is 624 g/mol. The van der Waals surface area contributed by atoms with Crippen molar-refractivity contribution in [2.45, 2.75) is 65.3 Å². The quantitative estimate of drug-likeness (QED) is 0.269. The Balaban J connectivity index is 1.33. The van der Waals surface area contributed by atoms with Gasteiger partial charge in [-0.2, -0.15) is 5.10 Å². The molecule has 3 unspecified atom stereocenters. The molecule has 2 amide bonds. The van der Waals surface area contributed by atoms with Gasteiger partial charge in [0.25, 0.3) is 0 Å². The van der Waals surface area contributed by atoms with Gasteiger partial charge < -0.3 is 20.2 Å². The molecule has 11 nitrogen and oxygen atoms in total. The number of likely N-dealkylation sites (tertiary alicyclic amines) is 1. The minimum absolute atomic E-state index is 0.0305. The van der Waals surface area contributed by atoms with Gasteiger partial charge in [-0.1, -0.05) is 6.07 Å². The lowest BCUT2D eigenvalue weighted by Gasteiger charge is -2.27. The highest BCUT2D eigenvalue weighted by atomic mass is 79.9. The summed E-state index contributed by atoms with van der Waals surface area (Å²) in [5.41, 5.74) is 4.65. The van der Waals surface area contributed by atoms with Crippen molar-refractivity contribution < 1.29 is 14.7 Å². The first-order chi connectivity index (χ1) is 20.9. The lowest BCUT2D eigenvalue weighted by atomic mass is 9.98. The van der Waals surface area contributed by atoms with Crippen LogP contribution in [0.1, 0.15) is 48.5 Å². The molecule has 3 aromatic heterocycles. The Morgan fingerprint density at radius 3 is 2.52 bits per heavy atom. The van der Waals surface area contributed by atoms with E-state index < -0.39 is 12.1 Å². The lowest BCUT2D eigenvalue weighted by Crippen LogP contribution is -2.47. The molecule has 0 spiro atoms. The van der Waals surface area contributed by atoms with E-state index in [-0.39, 0.29) is 29.8 Å². The van der Waals surface area contributed by atoms with Gasteiger partial charge in [-0.05, 0) is 105 Å². The minimum Gasteiger partial charge on any atom is -0.387 e. The number of aliphatic hydroxyl groups is 1. The van der Waals surface area contributed by atoms with Crippen LogP contribution in [0.2, 0.25) is 0 Å². The minimum atomic E-state index is -0.847. The summed E-state index contributed by atoms with van der Waals surface area (Å²) >= 11 is 3.39. The number of benzene rings is 1. The summed E-state index contributed by atoms with van der Waals surface area (Å²) in [7, 11) is 4.04. The molecule has 1 saturated heterocycles. The van der Waals surface area contributed by atoms with E-state index in [1.54, 1.807) is 28.9 Å². The monoisotopic (exact) mass is 660 g/mol. The maximum atomic E-state index is 14.2. The van der Waals surface area contributed by atoms with Crippen LogP contribution in [0.25, 0.3) is 22.0 Å². The van der Waals surface area contributed by atoms with Gasteiger partial charge in [0.1, 0.15) is 28.8 Å². The van der Waals surface area contributed by atoms with Crippen molar-refractivity contribution in [1.29, 1.82) is 0 Å². The fourth-order valence-electron chi connectivity index (χ4n) is 6.79. The number of aliphatic hydroxyl groups excluding tert-OH is 1. The number of carbonyl (C=O) groups is 2. The van der Waals surface area contributed by atoms with Crippen molar-refractivity contribution in [1.82, 2.24) is 34.5 Å². The van der Waals surface area contributed by atoms with E-state index in [4.69, 9.17) is 5.10 Å². The van der Waals surface area contributed by atoms with Crippen LogP contribution < -0.4 is 5.32 Å². The van der Waals surface area contributed by atoms with Crippen LogP contribution >= 0.6 is 15.9 Å². The molecule has 2 fully saturated rings. The SMILES string of the molecule is Cc1ncc(-c2cc(C)c3c(c2)c(C(C)O)nn3CC(=O)N2C3CC3(CN(C)C)C[C@H]2C(=O)Nc2nc(Br)ccc2C)cn1. The van der Waals surface area contributed by atoms with Crippen molar-refractivity contribution in [2.75, 3.05) is 26.0 Å². The van der Waals surface area contributed by atoms with Gasteiger partial charge >= 0.3 is 0 Å². The van der Waals surface area contributed by atoms with Gasteiger partial charge in [-0.3, -0.25) is 14.3 Å². The number of halogens is 1. The number of hydrogen-bond acceptors (Lipinski definition) is 8. The molecule has 12 heteroatoms. The average molecular weight is 662 g/mol. The van der Waals surface area contributed by atoms with Gasteiger partial charge in [0, 0.05) is 41.3 Å². The Bertz CT molecular complexity index is 1770. The number of piperidine rings is 1. The zero-order valence-corrected chi connectivity index (χ0v) is 27.4. The normalized spacial score (nSPS) is 21.5. The second-order valence-electron chi connectivity index (χ2n) is 12.6. The summed E-state index contributed by atoms with van der Waals surface area (Å²) in [4.78, 5) is 44.9. The van der Waals surface area contributed by atoms with Crippen molar-refractivity contribution >= 4 is 44.5 Å². The molecule has 0 radical (unpaired) electrons. The predicted molar refractivity (Wildman–Crippen MR) is 171 cm³/mol. The number of aryl methyl sites for hydroxylation is 3. The molecule has 4 aromatic rings. The van der Waals surface area contributed by atoms with Gasteiger partial charge in [0.15, 0.2) is 0 Å². The number of nitrogens with zero attached hydrogens (tertiary/aromatic N) is 7. The van der Waals surface area contributed by atoms with Crippen molar-refractivity contribution in [3.63, 3.8) is 0 Å². The Kier molecular flexibility index (Phi) is 7.79. The van der Waals surface area contributed by atoms with Crippen LogP contribution in [0.15, 0.2) is 41.3 Å². The molecule has 2 aliphatic rings. The van der Waals surface area contributed by atoms with E-state index >= 15 is 0 Å². The molecule has 1 aliphatic heterocycles. The van der Waals surface area contributed by atoms with Crippen LogP contribution in [0.3, 0.4) is 0 Å². The van der Waals surface area contributed by atoms with Gasteiger partial charge in [0.2, 0.25) is 11.8 Å². The first-order valence-corrected chi connectivity index (χ1v) is 15.5. The number of nitrogens with one attached hydrogen (secondary N) is 1. The summed E-state index contributed by atoms with van der Waals surface area (Å²) in [5.74, 6) is 0.742. The highest BCUT2D eigenvalue weighted by molar-refractivity contribution is 9.10. The Morgan fingerprint density at radius 2 is 1.84 bits per heavy atom. The Labute approximate surface area is 264 Å². The van der Waals surface area contributed by atoms with Crippen molar-refractivity contribution in [3.8, 4) is 11.1 Å². The van der Waals surface area contributed by atoms with Gasteiger partial charge in [-0.15, -0.1) is 0 Å². The highest BCUT2D eigenvalue weighted by Crippen LogP contribution is 2.60. The molecule has 4 atom stereocenters. The second-order valence-corrected chi connectivity index (χ2v) is 13.4. The zero-order chi connectivity index (χ0) is 31.5. The number of anilines is 1. The van der Waals surface area contributed by atoms with Crippen molar-refractivity contribution in [2.24, 2.45) is 5.41 Å². The predicted octanol–water partition coefficient (Wildman–Crippen LogP) is 4.19. The standard InChI is InChI=1S/C32H37BrN8O3/c1-17-7-8-26(33)36-30(17)37-31(44)24-11-32(16-39(5)6)12-25(32)41(24)27(43)15-40-29-18(2)9-21(22-13-34-20(4)35-14-22)10-23(29)28(38-40)19(3)42/h7-10,13-14,19,24-25,42H,11-12,15-16H2,1-6H3,(H,36,37,44)/t19?,24-,25?,32?/m0/s1. The van der Waals surface area contributed by atoms with E-state index in [1.807, 2.05) is 59.1 Å². The number of rotatable bonds is 8. The summed E-state index contributed by atoms with van der Waals surface area (Å²) in [6, 6.07) is 7.04. The average Bonchev–Trinajstić information content (AvgIpc) is 3.34. The molecule has 4 heterocycles. The molecule has 2 N–H and O–H groups in total. The van der Waals surface area contributed by atoms with E-state index in [1.165, 1.54) is 0 Å². The van der Waals surface area contributed by atoms with Crippen molar-refractivity contribution in [3.05, 3.63) is 63.9 Å². The third kappa shape index (κ3) is 5.50. The van der Waals surface area contributed by atoms with E-state index in [9.17, 15) is 14.7 Å². The fourth-order valence-corrected chi connectivity index (χ4v) is 7.10. The topological polar surface area (TPSA) is 129 Å². The maximum Gasteiger partial charge on any atom is 0.248 e. The van der Waals surface area contributed by atoms with E-state index in [0.717, 1.165) is 46.1 Å². The third-order valence-electron chi connectivity index (χ3n) is 8.80. The highest BCUT2D eigenvalue weighted by Gasteiger charge is 2.67. The van der Waals surface area contributed by atoms with E-state index in [0.29, 0.717) is 28.4 Å². The fraction of sp³-hybridized carbons (Fsp3) is 0.438. The zero-order valence-electron chi connectivity index (χ0n) is 25.8. The Morgan fingerprint density at radius 1 is 1.11 bits per heavy atom. The number of aromatic nitrogens is 5. The third-order valence-corrected chi connectivity index (χ3v) is 9.24. The lowest BCUT2D eigenvalue weighted by molar-refractivity contribution is -0.138. The first-order valence-electron chi connectivity index (χ1n) is 14.7. The largest absolute Gasteiger partial charge is 0.387 e. The smallest absolute Gasteiger partial charge is 0.248 e. The van der Waals surface area contributed by atoms with Gasteiger partial charge in [-0.25, -0.2) is 15.0 Å². The summed E-state index contributed by atoms with van der Waals surface area (Å²) in [5, 5.41) is 19.2. The summed E-state index contributed by atoms with van der Waals surface area (Å²) in [6.07, 6.45) is 4.14. The van der Waals surface area contributed by atoms with Crippen LogP contribution in [0, 0.1) is 26.2 Å². The molecule has 230 valence electrons. The molecule has 1 saturated carbocycles. The number of amides is 2. The second kappa shape index (κ2) is 11.3. The molecule has 44 heavy (non-hydrogen) atoms. The molecule has 6 rings (SSSR count). The van der Waals surface area contributed by atoms with Crippen LogP contribution in [0.4, 0.5) is 5.82 Å². The Hall–Kier alpha value is -3.74. The molecule has 0 bridgehead atoms. The van der Waals surface area contributed by atoms with Crippen LogP contribution in [-0.2, 0) is 16.1 Å². The summed E-state index contributed by atoms with van der Waals surface area (Å²) in [6.45, 7) is 8.11. The molecular formula is C32H37BrN8O3.